The maximum atomic E-state index is 9.90. The molecule has 0 spiro atoms. The quantitative estimate of drug-likeness (QED) is 0.512. The number of phenolic OH excluding ortho intramolecular Hbond substituents is 2. The monoisotopic (exact) mass is 393 g/mol. The lowest BCUT2D eigenvalue weighted by molar-refractivity contribution is 0.403. The lowest BCUT2D eigenvalue weighted by Gasteiger charge is -2.05. The summed E-state index contributed by atoms with van der Waals surface area (Å²) in [6.45, 7) is 0. The molecule has 0 radical (unpaired) electrons. The van der Waals surface area contributed by atoms with Crippen LogP contribution in [0.2, 0.25) is 10.0 Å². The molecule has 0 atom stereocenters. The Kier molecular flexibility index (Phi) is 5.13. The maximum Gasteiger partial charge on any atom is 0.205 e. The Morgan fingerprint density at radius 1 is 1.12 bits per heavy atom. The van der Waals surface area contributed by atoms with E-state index in [1.807, 2.05) is 11.4 Å². The third-order valence-corrected chi connectivity index (χ3v) is 5.10. The molecule has 3 aromatic rings. The number of aromatic nitrogens is 1. The molecule has 0 aliphatic rings. The van der Waals surface area contributed by atoms with Crippen LogP contribution in [0.15, 0.2) is 51.9 Å². The molecule has 0 saturated heterocycles. The maximum absolute atomic E-state index is 9.90. The van der Waals surface area contributed by atoms with E-state index in [0.29, 0.717) is 20.4 Å². The van der Waals surface area contributed by atoms with Crippen molar-refractivity contribution in [3.05, 3.63) is 62.2 Å². The fourth-order valence-corrected chi connectivity index (χ4v) is 3.29. The number of para-hydroxylation sites is 1. The third kappa shape index (κ3) is 3.56. The summed E-state index contributed by atoms with van der Waals surface area (Å²) >= 11 is 13.5. The molecule has 128 valence electrons. The molecule has 0 amide bonds. The molecule has 1 heterocycles. The van der Waals surface area contributed by atoms with Crippen LogP contribution in [0.4, 0.5) is 0 Å². The molecule has 0 bridgehead atoms. The van der Waals surface area contributed by atoms with Gasteiger partial charge in [-0.25, -0.2) is 4.68 Å². The van der Waals surface area contributed by atoms with Gasteiger partial charge in [-0.1, -0.05) is 35.3 Å². The molecule has 8 heteroatoms. The van der Waals surface area contributed by atoms with Crippen molar-refractivity contribution in [2.24, 2.45) is 10.1 Å². The number of aromatic hydroxyl groups is 2. The average molecular weight is 394 g/mol. The first-order chi connectivity index (χ1) is 12.0. The first-order valence-corrected chi connectivity index (χ1v) is 8.79. The van der Waals surface area contributed by atoms with Gasteiger partial charge in [0.15, 0.2) is 11.5 Å². The Hall–Kier alpha value is -2.28. The molecule has 1 aromatic heterocycles. The Labute approximate surface area is 157 Å². The Morgan fingerprint density at radius 2 is 1.92 bits per heavy atom. The molecule has 0 fully saturated rings. The highest BCUT2D eigenvalue weighted by Gasteiger charge is 2.10. The Bertz CT molecular complexity index is 1020. The highest BCUT2D eigenvalue weighted by atomic mass is 35.5. The summed E-state index contributed by atoms with van der Waals surface area (Å²) in [6.07, 6.45) is 1.46. The summed E-state index contributed by atoms with van der Waals surface area (Å²) in [7, 11) is 1.67. The number of thiazole rings is 1. The van der Waals surface area contributed by atoms with Crippen LogP contribution in [0.25, 0.3) is 11.3 Å². The zero-order valence-electron chi connectivity index (χ0n) is 13.0. The van der Waals surface area contributed by atoms with Crippen molar-refractivity contribution in [2.45, 2.75) is 0 Å². The molecular formula is C17H13Cl2N3O2S. The molecule has 0 aliphatic carbocycles. The van der Waals surface area contributed by atoms with Gasteiger partial charge in [-0.15, -0.1) is 11.3 Å². The second kappa shape index (κ2) is 7.31. The van der Waals surface area contributed by atoms with Gasteiger partial charge in [-0.2, -0.15) is 5.10 Å². The van der Waals surface area contributed by atoms with Gasteiger partial charge in [0.2, 0.25) is 4.80 Å². The van der Waals surface area contributed by atoms with Gasteiger partial charge >= 0.3 is 0 Å². The largest absolute Gasteiger partial charge is 0.504 e. The van der Waals surface area contributed by atoms with Crippen LogP contribution >= 0.6 is 34.5 Å². The van der Waals surface area contributed by atoms with Gasteiger partial charge in [0.25, 0.3) is 0 Å². The normalized spacial score (nSPS) is 12.2. The van der Waals surface area contributed by atoms with E-state index in [0.717, 1.165) is 11.3 Å². The van der Waals surface area contributed by atoms with Crippen molar-refractivity contribution >= 4 is 40.8 Å². The minimum Gasteiger partial charge on any atom is -0.504 e. The fourth-order valence-electron chi connectivity index (χ4n) is 2.19. The zero-order valence-corrected chi connectivity index (χ0v) is 15.3. The number of hydrogen-bond donors (Lipinski definition) is 2. The van der Waals surface area contributed by atoms with E-state index in [4.69, 9.17) is 23.2 Å². The topological polar surface area (TPSA) is 70.1 Å². The van der Waals surface area contributed by atoms with Gasteiger partial charge in [0.1, 0.15) is 0 Å². The van der Waals surface area contributed by atoms with E-state index < -0.39 is 0 Å². The summed E-state index contributed by atoms with van der Waals surface area (Å²) in [5.41, 5.74) is 2.00. The number of nitrogens with zero attached hydrogens (tertiary/aromatic N) is 3. The fraction of sp³-hybridized carbons (Fsp3) is 0.0588. The van der Waals surface area contributed by atoms with Gasteiger partial charge in [-0.3, -0.25) is 4.99 Å². The average Bonchev–Trinajstić information content (AvgIpc) is 3.01. The van der Waals surface area contributed by atoms with Crippen molar-refractivity contribution < 1.29 is 10.2 Å². The van der Waals surface area contributed by atoms with E-state index in [2.05, 4.69) is 10.1 Å². The summed E-state index contributed by atoms with van der Waals surface area (Å²) in [4.78, 5) is 4.87. The molecule has 5 nitrogen and oxygen atoms in total. The van der Waals surface area contributed by atoms with Crippen LogP contribution in [-0.4, -0.2) is 28.2 Å². The van der Waals surface area contributed by atoms with Gasteiger partial charge in [0, 0.05) is 23.6 Å². The van der Waals surface area contributed by atoms with Crippen molar-refractivity contribution in [1.29, 1.82) is 0 Å². The van der Waals surface area contributed by atoms with Gasteiger partial charge in [-0.05, 0) is 24.3 Å². The molecule has 2 aromatic carbocycles. The van der Waals surface area contributed by atoms with Crippen molar-refractivity contribution in [3.63, 3.8) is 0 Å². The SMILES string of the molecule is CN=c1scc(-c2ccc(Cl)c(Cl)c2)n1N=Cc1cccc(O)c1O. The first kappa shape index (κ1) is 17.5. The predicted octanol–water partition coefficient (Wildman–Crippen LogP) is 4.35. The molecule has 2 N–H and O–H groups in total. The lowest BCUT2D eigenvalue weighted by Crippen LogP contribution is -2.11. The van der Waals surface area contributed by atoms with Gasteiger partial charge in [0.05, 0.1) is 22.0 Å². The van der Waals surface area contributed by atoms with Crippen LogP contribution in [0.5, 0.6) is 11.5 Å². The summed E-state index contributed by atoms with van der Waals surface area (Å²) in [6, 6.07) is 9.98. The van der Waals surface area contributed by atoms with Crippen LogP contribution in [0.3, 0.4) is 0 Å². The number of rotatable bonds is 3. The second-order valence-electron chi connectivity index (χ2n) is 5.03. The van der Waals surface area contributed by atoms with Crippen molar-refractivity contribution in [2.75, 3.05) is 7.05 Å². The van der Waals surface area contributed by atoms with Crippen LogP contribution < -0.4 is 4.80 Å². The van der Waals surface area contributed by atoms with Crippen molar-refractivity contribution in [3.8, 4) is 22.8 Å². The van der Waals surface area contributed by atoms with E-state index in [9.17, 15) is 10.2 Å². The predicted molar refractivity (Wildman–Crippen MR) is 102 cm³/mol. The van der Waals surface area contributed by atoms with E-state index >= 15 is 0 Å². The standard InChI is InChI=1S/C17H13Cl2N3O2S/c1-20-17-22(21-8-11-3-2-4-15(23)16(11)24)14(9-25-17)10-5-6-12(18)13(19)7-10/h2-9,23-24H,1H3. The number of hydrogen-bond acceptors (Lipinski definition) is 5. The first-order valence-electron chi connectivity index (χ1n) is 7.15. The molecular weight excluding hydrogens is 381 g/mol. The minimum absolute atomic E-state index is 0.204. The third-order valence-electron chi connectivity index (χ3n) is 3.45. The number of phenols is 2. The second-order valence-corrected chi connectivity index (χ2v) is 6.68. The number of benzene rings is 2. The van der Waals surface area contributed by atoms with Gasteiger partial charge < -0.3 is 10.2 Å². The van der Waals surface area contributed by atoms with E-state index in [1.54, 1.807) is 36.0 Å². The highest BCUT2D eigenvalue weighted by Crippen LogP contribution is 2.29. The lowest BCUT2D eigenvalue weighted by atomic mass is 10.2. The number of halogens is 2. The van der Waals surface area contributed by atoms with Crippen LogP contribution in [-0.2, 0) is 0 Å². The summed E-state index contributed by atoms with van der Waals surface area (Å²) < 4.78 is 1.63. The Morgan fingerprint density at radius 3 is 2.64 bits per heavy atom. The Balaban J connectivity index is 2.10. The smallest absolute Gasteiger partial charge is 0.205 e. The summed E-state index contributed by atoms with van der Waals surface area (Å²) in [5.74, 6) is -0.433. The zero-order chi connectivity index (χ0) is 18.0. The molecule has 0 aliphatic heterocycles. The van der Waals surface area contributed by atoms with Crippen LogP contribution in [0, 0.1) is 0 Å². The van der Waals surface area contributed by atoms with E-state index in [1.165, 1.54) is 23.6 Å². The molecule has 25 heavy (non-hydrogen) atoms. The summed E-state index contributed by atoms with van der Waals surface area (Å²) in [5, 5.41) is 26.7. The minimum atomic E-state index is -0.229. The van der Waals surface area contributed by atoms with Crippen molar-refractivity contribution in [1.82, 2.24) is 4.68 Å². The molecule has 0 saturated carbocycles. The van der Waals surface area contributed by atoms with E-state index in [-0.39, 0.29) is 11.5 Å². The molecule has 0 unspecified atom stereocenters. The highest BCUT2D eigenvalue weighted by molar-refractivity contribution is 7.07. The van der Waals surface area contributed by atoms with Crippen LogP contribution in [0.1, 0.15) is 5.56 Å². The molecule has 3 rings (SSSR count).